The highest BCUT2D eigenvalue weighted by atomic mass is 32.2. The Balaban J connectivity index is 1.57. The van der Waals surface area contributed by atoms with Crippen LogP contribution < -0.4 is 9.46 Å². The summed E-state index contributed by atoms with van der Waals surface area (Å²) in [5.74, 6) is -1.41. The molecule has 3 aromatic carbocycles. The summed E-state index contributed by atoms with van der Waals surface area (Å²) in [6.07, 6.45) is 0.989. The van der Waals surface area contributed by atoms with Crippen LogP contribution in [0.15, 0.2) is 65.6 Å². The summed E-state index contributed by atoms with van der Waals surface area (Å²) < 4.78 is 64.7. The standard InChI is InChI=1S/C25H25F2NO5S/c1-3-19-6-9-23(15-24(19)25(29)32-2)34(30,31)28-11-10-17-4-7-22(8-5-17)33-16-18-12-20(26)14-21(27)13-18/h4-9,12-15,28H,3,10-11,16H2,1-2H3. The Hall–Kier alpha value is -3.30. The van der Waals surface area contributed by atoms with Crippen LogP contribution in [0, 0.1) is 11.6 Å². The number of methoxy groups -OCH3 is 1. The van der Waals surface area contributed by atoms with Crippen LogP contribution in [-0.2, 0) is 34.2 Å². The van der Waals surface area contributed by atoms with Gasteiger partial charge in [0.05, 0.1) is 17.6 Å². The summed E-state index contributed by atoms with van der Waals surface area (Å²) in [7, 11) is -2.57. The molecule has 3 aromatic rings. The number of sulfonamides is 1. The Morgan fingerprint density at radius 1 is 0.941 bits per heavy atom. The average Bonchev–Trinajstić information content (AvgIpc) is 2.82. The van der Waals surface area contributed by atoms with E-state index in [0.717, 1.165) is 11.6 Å². The fourth-order valence-corrected chi connectivity index (χ4v) is 4.42. The first-order chi connectivity index (χ1) is 16.2. The molecule has 0 fully saturated rings. The maximum absolute atomic E-state index is 13.3. The van der Waals surface area contributed by atoms with Gasteiger partial charge in [0.25, 0.3) is 0 Å². The number of ether oxygens (including phenoxy) is 2. The van der Waals surface area contributed by atoms with Crippen molar-refractivity contribution in [2.24, 2.45) is 0 Å². The minimum Gasteiger partial charge on any atom is -0.489 e. The van der Waals surface area contributed by atoms with E-state index in [9.17, 15) is 22.0 Å². The van der Waals surface area contributed by atoms with Gasteiger partial charge in [-0.1, -0.05) is 25.1 Å². The van der Waals surface area contributed by atoms with E-state index in [1.54, 1.807) is 30.3 Å². The number of hydrogen-bond donors (Lipinski definition) is 1. The highest BCUT2D eigenvalue weighted by molar-refractivity contribution is 7.89. The van der Waals surface area contributed by atoms with Crippen LogP contribution in [0.3, 0.4) is 0 Å². The first-order valence-corrected chi connectivity index (χ1v) is 12.1. The van der Waals surface area contributed by atoms with Crippen molar-refractivity contribution in [3.05, 3.63) is 94.6 Å². The first kappa shape index (κ1) is 25.3. The summed E-state index contributed by atoms with van der Waals surface area (Å²) in [6, 6.07) is 14.6. The number of rotatable bonds is 10. The molecule has 0 atom stereocenters. The predicted octanol–water partition coefficient (Wildman–Crippen LogP) is 4.41. The van der Waals surface area contributed by atoms with Crippen molar-refractivity contribution in [1.82, 2.24) is 4.72 Å². The van der Waals surface area contributed by atoms with E-state index in [1.807, 2.05) is 6.92 Å². The maximum atomic E-state index is 13.3. The fraction of sp³-hybridized carbons (Fsp3) is 0.240. The monoisotopic (exact) mass is 489 g/mol. The summed E-state index contributed by atoms with van der Waals surface area (Å²) in [6.45, 7) is 2.03. The minimum atomic E-state index is -3.82. The molecule has 0 aliphatic rings. The van der Waals surface area contributed by atoms with Gasteiger partial charge in [-0.05, 0) is 65.9 Å². The molecular formula is C25H25F2NO5S. The van der Waals surface area contributed by atoms with Crippen molar-refractivity contribution in [3.63, 3.8) is 0 Å². The van der Waals surface area contributed by atoms with Crippen LogP contribution in [-0.4, -0.2) is 28.0 Å². The average molecular weight is 490 g/mol. The molecule has 0 aromatic heterocycles. The Labute approximate surface area is 197 Å². The largest absolute Gasteiger partial charge is 0.489 e. The van der Waals surface area contributed by atoms with Crippen LogP contribution in [0.5, 0.6) is 5.75 Å². The molecule has 0 amide bonds. The normalized spacial score (nSPS) is 11.3. The second-order valence-corrected chi connectivity index (χ2v) is 9.29. The second kappa shape index (κ2) is 11.2. The van der Waals surface area contributed by atoms with Gasteiger partial charge >= 0.3 is 5.97 Å². The van der Waals surface area contributed by atoms with Crippen molar-refractivity contribution in [2.45, 2.75) is 31.3 Å². The summed E-state index contributed by atoms with van der Waals surface area (Å²) in [5.41, 5.74) is 2.17. The van der Waals surface area contributed by atoms with Gasteiger partial charge < -0.3 is 9.47 Å². The lowest BCUT2D eigenvalue weighted by Crippen LogP contribution is -2.26. The number of hydrogen-bond acceptors (Lipinski definition) is 5. The van der Waals surface area contributed by atoms with Crippen molar-refractivity contribution in [2.75, 3.05) is 13.7 Å². The van der Waals surface area contributed by atoms with E-state index in [0.29, 0.717) is 29.7 Å². The summed E-state index contributed by atoms with van der Waals surface area (Å²) >= 11 is 0. The molecule has 0 saturated heterocycles. The molecule has 9 heteroatoms. The van der Waals surface area contributed by atoms with Gasteiger partial charge in [0.1, 0.15) is 24.0 Å². The Morgan fingerprint density at radius 2 is 1.62 bits per heavy atom. The lowest BCUT2D eigenvalue weighted by Gasteiger charge is -2.11. The third kappa shape index (κ3) is 6.61. The van der Waals surface area contributed by atoms with Crippen LogP contribution >= 0.6 is 0 Å². The zero-order valence-electron chi connectivity index (χ0n) is 18.8. The van der Waals surface area contributed by atoms with Gasteiger partial charge in [0, 0.05) is 12.6 Å². The Bertz CT molecular complexity index is 1240. The SMILES string of the molecule is CCc1ccc(S(=O)(=O)NCCc2ccc(OCc3cc(F)cc(F)c3)cc2)cc1C(=O)OC. The zero-order chi connectivity index (χ0) is 24.7. The van der Waals surface area contributed by atoms with Gasteiger partial charge in [0.2, 0.25) is 10.0 Å². The summed E-state index contributed by atoms with van der Waals surface area (Å²) in [5, 5.41) is 0. The van der Waals surface area contributed by atoms with Gasteiger partial charge in [-0.25, -0.2) is 26.7 Å². The van der Waals surface area contributed by atoms with Crippen molar-refractivity contribution >= 4 is 16.0 Å². The van der Waals surface area contributed by atoms with Gasteiger partial charge in [-0.15, -0.1) is 0 Å². The number of carbonyl (C=O) groups excluding carboxylic acids is 1. The number of aryl methyl sites for hydroxylation is 1. The molecule has 0 spiro atoms. The van der Waals surface area contributed by atoms with Crippen molar-refractivity contribution in [1.29, 1.82) is 0 Å². The topological polar surface area (TPSA) is 81.7 Å². The van der Waals surface area contributed by atoms with Crippen LogP contribution in [0.4, 0.5) is 8.78 Å². The quantitative estimate of drug-likeness (QED) is 0.427. The smallest absolute Gasteiger partial charge is 0.338 e. The van der Waals surface area contributed by atoms with Crippen LogP contribution in [0.2, 0.25) is 0 Å². The number of halogens is 2. The molecule has 1 N–H and O–H groups in total. The van der Waals surface area contributed by atoms with Crippen molar-refractivity contribution < 1.29 is 31.5 Å². The van der Waals surface area contributed by atoms with E-state index < -0.39 is 27.6 Å². The molecule has 34 heavy (non-hydrogen) atoms. The highest BCUT2D eigenvalue weighted by Crippen LogP contribution is 2.19. The molecule has 180 valence electrons. The third-order valence-electron chi connectivity index (χ3n) is 5.13. The predicted molar refractivity (Wildman–Crippen MR) is 123 cm³/mol. The van der Waals surface area contributed by atoms with Gasteiger partial charge in [-0.2, -0.15) is 0 Å². The van der Waals surface area contributed by atoms with E-state index in [-0.39, 0.29) is 23.6 Å². The van der Waals surface area contributed by atoms with E-state index >= 15 is 0 Å². The fourth-order valence-electron chi connectivity index (χ4n) is 3.36. The van der Waals surface area contributed by atoms with Crippen LogP contribution in [0.25, 0.3) is 0 Å². The molecule has 0 saturated carbocycles. The van der Waals surface area contributed by atoms with Crippen molar-refractivity contribution in [3.8, 4) is 5.75 Å². The zero-order valence-corrected chi connectivity index (χ0v) is 19.6. The first-order valence-electron chi connectivity index (χ1n) is 10.6. The van der Waals surface area contributed by atoms with E-state index in [4.69, 9.17) is 9.47 Å². The number of nitrogens with one attached hydrogen (secondary N) is 1. The summed E-state index contributed by atoms with van der Waals surface area (Å²) in [4.78, 5) is 12.0. The second-order valence-electron chi connectivity index (χ2n) is 7.52. The molecule has 0 aliphatic heterocycles. The molecule has 6 nitrogen and oxygen atoms in total. The number of carbonyl (C=O) groups is 1. The third-order valence-corrected chi connectivity index (χ3v) is 6.59. The molecule has 0 unspecified atom stereocenters. The Morgan fingerprint density at radius 3 is 2.24 bits per heavy atom. The number of benzene rings is 3. The Kier molecular flexibility index (Phi) is 8.36. The molecule has 0 heterocycles. The molecule has 3 rings (SSSR count). The van der Waals surface area contributed by atoms with E-state index in [2.05, 4.69) is 4.72 Å². The minimum absolute atomic E-state index is 0.0115. The molecular weight excluding hydrogens is 464 g/mol. The maximum Gasteiger partial charge on any atom is 0.338 e. The lowest BCUT2D eigenvalue weighted by atomic mass is 10.1. The van der Waals surface area contributed by atoms with Gasteiger partial charge in [-0.3, -0.25) is 0 Å². The van der Waals surface area contributed by atoms with E-state index in [1.165, 1.54) is 31.4 Å². The molecule has 0 aliphatic carbocycles. The lowest BCUT2D eigenvalue weighted by molar-refractivity contribution is 0.0599. The van der Waals surface area contributed by atoms with Gasteiger partial charge in [0.15, 0.2) is 0 Å². The highest BCUT2D eigenvalue weighted by Gasteiger charge is 2.19. The molecule has 0 radical (unpaired) electrons. The number of esters is 1. The van der Waals surface area contributed by atoms with Crippen LogP contribution in [0.1, 0.15) is 34.0 Å². The molecule has 0 bridgehead atoms.